The van der Waals surface area contributed by atoms with Gasteiger partial charge in [-0.3, -0.25) is 9.78 Å². The minimum absolute atomic E-state index is 0.169. The molecule has 0 bridgehead atoms. The maximum absolute atomic E-state index is 11.3. The average Bonchev–Trinajstić information content (AvgIpc) is 3.08. The number of aromatic nitrogens is 2. The van der Waals surface area contributed by atoms with E-state index in [9.17, 15) is 4.79 Å². The van der Waals surface area contributed by atoms with E-state index in [0.29, 0.717) is 12.5 Å². The molecule has 22 heavy (non-hydrogen) atoms. The van der Waals surface area contributed by atoms with Gasteiger partial charge in [0.1, 0.15) is 5.75 Å². The normalized spacial score (nSPS) is 15.8. The van der Waals surface area contributed by atoms with Crippen LogP contribution in [0.2, 0.25) is 0 Å². The molecule has 3 rings (SSSR count). The van der Waals surface area contributed by atoms with Crippen molar-refractivity contribution in [2.45, 2.75) is 19.8 Å². The van der Waals surface area contributed by atoms with Crippen LogP contribution in [0.5, 0.6) is 5.75 Å². The smallest absolute Gasteiger partial charge is 0.219 e. The van der Waals surface area contributed by atoms with Gasteiger partial charge in [0.05, 0.1) is 23.4 Å². The first-order chi connectivity index (χ1) is 10.7. The number of carbonyl (C=O) groups excluding carboxylic acids is 1. The number of hydrogen-bond donors (Lipinski definition) is 0. The second-order valence-electron chi connectivity index (χ2n) is 5.52. The van der Waals surface area contributed by atoms with Crippen molar-refractivity contribution >= 4 is 17.4 Å². The van der Waals surface area contributed by atoms with Crippen LogP contribution < -0.4 is 4.74 Å². The van der Waals surface area contributed by atoms with Gasteiger partial charge in [-0.05, 0) is 48.5 Å². The highest BCUT2D eigenvalue weighted by atomic mass is 32.1. The van der Waals surface area contributed by atoms with Gasteiger partial charge in [0, 0.05) is 26.2 Å². The molecule has 0 aliphatic carbocycles. The molecule has 0 saturated carbocycles. The number of carbonyl (C=O) groups is 1. The molecule has 0 unspecified atom stereocenters. The Morgan fingerprint density at radius 3 is 2.77 bits per heavy atom. The van der Waals surface area contributed by atoms with Gasteiger partial charge in [0.25, 0.3) is 0 Å². The lowest BCUT2D eigenvalue weighted by Crippen LogP contribution is -2.38. The van der Waals surface area contributed by atoms with Crippen LogP contribution in [0.15, 0.2) is 30.6 Å². The van der Waals surface area contributed by atoms with Crippen LogP contribution in [-0.2, 0) is 4.79 Å². The van der Waals surface area contributed by atoms with Crippen molar-refractivity contribution in [2.75, 3.05) is 19.7 Å². The predicted molar refractivity (Wildman–Crippen MR) is 85.8 cm³/mol. The summed E-state index contributed by atoms with van der Waals surface area (Å²) in [6.45, 7) is 4.00. The number of ether oxygens (including phenoxy) is 1. The predicted octanol–water partition coefficient (Wildman–Crippen LogP) is 2.84. The quantitative estimate of drug-likeness (QED) is 0.870. The van der Waals surface area contributed by atoms with Crippen LogP contribution in [0, 0.1) is 5.92 Å². The van der Waals surface area contributed by atoms with Crippen molar-refractivity contribution in [3.05, 3.63) is 30.6 Å². The summed E-state index contributed by atoms with van der Waals surface area (Å²) in [6.07, 6.45) is 5.55. The highest BCUT2D eigenvalue weighted by molar-refractivity contribution is 7.09. The Kier molecular flexibility index (Phi) is 4.68. The largest absolute Gasteiger partial charge is 0.492 e. The molecule has 6 heteroatoms. The van der Waals surface area contributed by atoms with Gasteiger partial charge < -0.3 is 9.64 Å². The van der Waals surface area contributed by atoms with Crippen molar-refractivity contribution in [2.24, 2.45) is 5.92 Å². The van der Waals surface area contributed by atoms with Crippen molar-refractivity contribution in [1.29, 1.82) is 0 Å². The lowest BCUT2D eigenvalue weighted by atomic mass is 9.98. The third-order valence-corrected chi connectivity index (χ3v) is 4.74. The molecule has 0 radical (unpaired) electrons. The van der Waals surface area contributed by atoms with Crippen molar-refractivity contribution in [3.63, 3.8) is 0 Å². The van der Waals surface area contributed by atoms with Crippen molar-refractivity contribution in [1.82, 2.24) is 14.3 Å². The minimum Gasteiger partial charge on any atom is -0.492 e. The maximum Gasteiger partial charge on any atom is 0.219 e. The zero-order valence-electron chi connectivity index (χ0n) is 12.6. The monoisotopic (exact) mass is 317 g/mol. The molecule has 116 valence electrons. The van der Waals surface area contributed by atoms with Gasteiger partial charge in [-0.1, -0.05) is 0 Å². The molecule has 0 aromatic carbocycles. The number of hydrogen-bond acceptors (Lipinski definition) is 5. The van der Waals surface area contributed by atoms with Gasteiger partial charge in [-0.25, -0.2) is 4.37 Å². The summed E-state index contributed by atoms with van der Waals surface area (Å²) in [5.41, 5.74) is 0.921. The summed E-state index contributed by atoms with van der Waals surface area (Å²) in [4.78, 5) is 18.7. The van der Waals surface area contributed by atoms with Gasteiger partial charge in [0.15, 0.2) is 0 Å². The molecule has 3 heterocycles. The summed E-state index contributed by atoms with van der Waals surface area (Å²) in [7, 11) is 0. The van der Waals surface area contributed by atoms with E-state index in [0.717, 1.165) is 42.3 Å². The van der Waals surface area contributed by atoms with Crippen LogP contribution in [0.3, 0.4) is 0 Å². The third kappa shape index (κ3) is 3.62. The molecule has 2 aromatic rings. The lowest BCUT2D eigenvalue weighted by Gasteiger charge is -2.31. The molecule has 1 amide bonds. The standard InChI is InChI=1S/C16H19N3O2S/c1-12(20)19-8-5-13(6-9-19)11-21-14-2-3-15(17-10-14)16-4-7-18-22-16/h2-4,7,10,13H,5-6,8-9,11H2,1H3. The zero-order chi connectivity index (χ0) is 15.4. The first-order valence-electron chi connectivity index (χ1n) is 7.48. The number of amides is 1. The lowest BCUT2D eigenvalue weighted by molar-refractivity contribution is -0.130. The van der Waals surface area contributed by atoms with Crippen LogP contribution in [0.4, 0.5) is 0 Å². The molecule has 0 N–H and O–H groups in total. The van der Waals surface area contributed by atoms with Crippen LogP contribution in [0.25, 0.3) is 10.6 Å². The Hall–Kier alpha value is -1.95. The zero-order valence-corrected chi connectivity index (χ0v) is 13.4. The van der Waals surface area contributed by atoms with Crippen LogP contribution >= 0.6 is 11.5 Å². The number of likely N-dealkylation sites (tertiary alicyclic amines) is 1. The second kappa shape index (κ2) is 6.87. The Bertz CT molecular complexity index is 605. The highest BCUT2D eigenvalue weighted by Gasteiger charge is 2.21. The summed E-state index contributed by atoms with van der Waals surface area (Å²) in [5, 5.41) is 0. The fourth-order valence-electron chi connectivity index (χ4n) is 2.59. The van der Waals surface area contributed by atoms with E-state index in [-0.39, 0.29) is 5.91 Å². The highest BCUT2D eigenvalue weighted by Crippen LogP contribution is 2.23. The van der Waals surface area contributed by atoms with E-state index in [1.54, 1.807) is 19.3 Å². The van der Waals surface area contributed by atoms with Gasteiger partial charge in [0.2, 0.25) is 5.91 Å². The van der Waals surface area contributed by atoms with Crippen molar-refractivity contribution < 1.29 is 9.53 Å². The Labute approximate surface area is 134 Å². The molecule has 5 nitrogen and oxygen atoms in total. The first-order valence-corrected chi connectivity index (χ1v) is 8.25. The molecular formula is C16H19N3O2S. The fourth-order valence-corrected chi connectivity index (χ4v) is 3.16. The molecular weight excluding hydrogens is 298 g/mol. The van der Waals surface area contributed by atoms with Crippen molar-refractivity contribution in [3.8, 4) is 16.3 Å². The Morgan fingerprint density at radius 2 is 2.18 bits per heavy atom. The molecule has 1 fully saturated rings. The second-order valence-corrected chi connectivity index (χ2v) is 6.35. The SMILES string of the molecule is CC(=O)N1CCC(COc2ccc(-c3ccns3)nc2)CC1. The van der Waals surface area contributed by atoms with Crippen LogP contribution in [0.1, 0.15) is 19.8 Å². The van der Waals surface area contributed by atoms with E-state index in [2.05, 4.69) is 9.36 Å². The van der Waals surface area contributed by atoms with Crippen LogP contribution in [-0.4, -0.2) is 39.9 Å². The molecule has 1 aliphatic heterocycles. The Morgan fingerprint density at radius 1 is 1.36 bits per heavy atom. The van der Waals surface area contributed by atoms with Gasteiger partial charge in [-0.15, -0.1) is 0 Å². The number of piperidine rings is 1. The van der Waals surface area contributed by atoms with E-state index in [1.165, 1.54) is 11.5 Å². The topological polar surface area (TPSA) is 55.3 Å². The van der Waals surface area contributed by atoms with Gasteiger partial charge in [-0.2, -0.15) is 0 Å². The van der Waals surface area contributed by atoms with E-state index >= 15 is 0 Å². The molecule has 1 aliphatic rings. The number of nitrogens with zero attached hydrogens (tertiary/aromatic N) is 3. The number of rotatable bonds is 4. The average molecular weight is 317 g/mol. The minimum atomic E-state index is 0.169. The third-order valence-electron chi connectivity index (χ3n) is 3.97. The first kappa shape index (κ1) is 15.0. The van der Waals surface area contributed by atoms with E-state index in [1.807, 2.05) is 23.1 Å². The summed E-state index contributed by atoms with van der Waals surface area (Å²) >= 11 is 1.43. The fraction of sp³-hybridized carbons (Fsp3) is 0.438. The van der Waals surface area contributed by atoms with Gasteiger partial charge >= 0.3 is 0 Å². The van der Waals surface area contributed by atoms with E-state index < -0.39 is 0 Å². The summed E-state index contributed by atoms with van der Waals surface area (Å²) < 4.78 is 9.91. The van der Waals surface area contributed by atoms with E-state index in [4.69, 9.17) is 4.74 Å². The molecule has 0 spiro atoms. The summed E-state index contributed by atoms with van der Waals surface area (Å²) in [5.74, 6) is 1.47. The molecule has 2 aromatic heterocycles. The maximum atomic E-state index is 11.3. The number of pyridine rings is 1. The molecule has 1 saturated heterocycles. The molecule has 0 atom stereocenters. The summed E-state index contributed by atoms with van der Waals surface area (Å²) in [6, 6.07) is 5.87. The Balaban J connectivity index is 1.49.